The Labute approximate surface area is 181 Å². The molecule has 0 aromatic heterocycles. The van der Waals surface area contributed by atoms with Gasteiger partial charge in [-0.05, 0) is 17.5 Å². The van der Waals surface area contributed by atoms with E-state index in [0.29, 0.717) is 25.1 Å². The number of ether oxygens (including phenoxy) is 1. The fourth-order valence-corrected chi connectivity index (χ4v) is 5.14. The highest BCUT2D eigenvalue weighted by molar-refractivity contribution is 6.05. The van der Waals surface area contributed by atoms with Gasteiger partial charge >= 0.3 is 0 Å². The van der Waals surface area contributed by atoms with Gasteiger partial charge in [0.25, 0.3) is 5.91 Å². The monoisotopic (exact) mass is 427 g/mol. The highest BCUT2D eigenvalue weighted by Crippen LogP contribution is 2.30. The van der Waals surface area contributed by atoms with Gasteiger partial charge in [-0.2, -0.15) is 0 Å². The quantitative estimate of drug-likeness (QED) is 0.512. The number of carbonyl (C=O) groups excluding carboxylic acids is 3. The molecule has 3 fully saturated rings. The maximum Gasteiger partial charge on any atom is 0.255 e. The molecule has 0 aliphatic carbocycles. The zero-order valence-corrected chi connectivity index (χ0v) is 17.6. The standard InChI is InChI=1S/C22H29N5O4/c28-18-5-4-17(20(29)25-18)27-11-16-3-1-2-15(19(16)21(27)30)10-24-12-22(13-31-14-22)26-8-6-23-7-9-26/h1-3,17,23-24H,4-14H2,(H,25,28,29). The summed E-state index contributed by atoms with van der Waals surface area (Å²) < 4.78 is 5.56. The fraction of sp³-hybridized carbons (Fsp3) is 0.591. The highest BCUT2D eigenvalue weighted by Gasteiger charge is 2.44. The predicted octanol–water partition coefficient (Wildman–Crippen LogP) is -0.789. The Kier molecular flexibility index (Phi) is 5.51. The molecule has 3 amide bonds. The van der Waals surface area contributed by atoms with Crippen LogP contribution in [0.5, 0.6) is 0 Å². The third kappa shape index (κ3) is 3.76. The van der Waals surface area contributed by atoms with Crippen LogP contribution < -0.4 is 16.0 Å². The van der Waals surface area contributed by atoms with Gasteiger partial charge in [0.15, 0.2) is 0 Å². The molecular weight excluding hydrogens is 398 g/mol. The zero-order chi connectivity index (χ0) is 21.4. The van der Waals surface area contributed by atoms with E-state index in [9.17, 15) is 14.4 Å². The molecule has 0 radical (unpaired) electrons. The maximum atomic E-state index is 13.2. The lowest BCUT2D eigenvalue weighted by Gasteiger charge is -2.51. The average molecular weight is 428 g/mol. The second kappa shape index (κ2) is 8.31. The van der Waals surface area contributed by atoms with E-state index in [2.05, 4.69) is 20.9 Å². The number of hydrogen-bond donors (Lipinski definition) is 3. The van der Waals surface area contributed by atoms with Gasteiger partial charge in [-0.15, -0.1) is 0 Å². The highest BCUT2D eigenvalue weighted by atomic mass is 16.5. The number of piperidine rings is 1. The van der Waals surface area contributed by atoms with E-state index in [4.69, 9.17) is 4.74 Å². The topological polar surface area (TPSA) is 103 Å². The van der Waals surface area contributed by atoms with Crippen molar-refractivity contribution in [2.45, 2.75) is 37.5 Å². The first-order valence-corrected chi connectivity index (χ1v) is 11.1. The molecule has 1 unspecified atom stereocenters. The number of benzene rings is 1. The van der Waals surface area contributed by atoms with Crippen molar-refractivity contribution >= 4 is 17.7 Å². The van der Waals surface area contributed by atoms with Crippen molar-refractivity contribution < 1.29 is 19.1 Å². The van der Waals surface area contributed by atoms with E-state index < -0.39 is 6.04 Å². The molecule has 1 aromatic carbocycles. The number of amides is 3. The minimum atomic E-state index is -0.582. The molecule has 3 saturated heterocycles. The molecule has 4 aliphatic heterocycles. The number of hydrogen-bond acceptors (Lipinski definition) is 7. The molecule has 31 heavy (non-hydrogen) atoms. The van der Waals surface area contributed by atoms with E-state index in [0.717, 1.165) is 57.1 Å². The van der Waals surface area contributed by atoms with Crippen LogP contribution >= 0.6 is 0 Å². The smallest absolute Gasteiger partial charge is 0.255 e. The van der Waals surface area contributed by atoms with E-state index in [-0.39, 0.29) is 29.7 Å². The number of nitrogens with one attached hydrogen (secondary N) is 3. The maximum absolute atomic E-state index is 13.2. The second-order valence-electron chi connectivity index (χ2n) is 8.91. The van der Waals surface area contributed by atoms with E-state index in [1.54, 1.807) is 4.90 Å². The molecule has 0 bridgehead atoms. The summed E-state index contributed by atoms with van der Waals surface area (Å²) in [6, 6.07) is 5.31. The first kappa shape index (κ1) is 20.6. The zero-order valence-electron chi connectivity index (χ0n) is 17.6. The summed E-state index contributed by atoms with van der Waals surface area (Å²) in [5.41, 5.74) is 2.62. The lowest BCUT2D eigenvalue weighted by molar-refractivity contribution is -0.141. The molecule has 0 saturated carbocycles. The number of rotatable bonds is 6. The van der Waals surface area contributed by atoms with Crippen molar-refractivity contribution in [1.29, 1.82) is 0 Å². The predicted molar refractivity (Wildman–Crippen MR) is 112 cm³/mol. The Balaban J connectivity index is 1.26. The van der Waals surface area contributed by atoms with Crippen LogP contribution in [0.2, 0.25) is 0 Å². The van der Waals surface area contributed by atoms with Crippen molar-refractivity contribution in [2.24, 2.45) is 0 Å². The van der Waals surface area contributed by atoms with Crippen LogP contribution in [0.15, 0.2) is 18.2 Å². The third-order valence-electron chi connectivity index (χ3n) is 6.94. The van der Waals surface area contributed by atoms with Gasteiger partial charge in [-0.1, -0.05) is 18.2 Å². The Bertz CT molecular complexity index is 894. The number of imide groups is 1. The summed E-state index contributed by atoms with van der Waals surface area (Å²) in [4.78, 5) is 41.1. The van der Waals surface area contributed by atoms with Crippen LogP contribution in [0.25, 0.3) is 0 Å². The molecule has 166 valence electrons. The van der Waals surface area contributed by atoms with E-state index >= 15 is 0 Å². The summed E-state index contributed by atoms with van der Waals surface area (Å²) in [5, 5.41) is 9.32. The number of piperazine rings is 1. The van der Waals surface area contributed by atoms with Crippen molar-refractivity contribution in [3.05, 3.63) is 34.9 Å². The summed E-state index contributed by atoms with van der Waals surface area (Å²) in [6.45, 7) is 7.30. The van der Waals surface area contributed by atoms with Crippen LogP contribution in [0.1, 0.15) is 34.3 Å². The lowest BCUT2D eigenvalue weighted by Crippen LogP contribution is -2.69. The molecule has 3 N–H and O–H groups in total. The number of carbonyl (C=O) groups is 3. The van der Waals surface area contributed by atoms with Gasteiger partial charge in [0.2, 0.25) is 11.8 Å². The summed E-state index contributed by atoms with van der Waals surface area (Å²) in [5.74, 6) is -0.764. The molecule has 4 heterocycles. The number of nitrogens with zero attached hydrogens (tertiary/aromatic N) is 2. The SMILES string of the molecule is O=C1CCC(N2Cc3cccc(CNCC4(N5CCNCC5)COC4)c3C2=O)C(=O)N1. The molecular formula is C22H29N5O4. The summed E-state index contributed by atoms with van der Waals surface area (Å²) in [6.07, 6.45) is 0.645. The van der Waals surface area contributed by atoms with Gasteiger partial charge < -0.3 is 20.3 Å². The molecule has 1 atom stereocenters. The Hall–Kier alpha value is -2.33. The summed E-state index contributed by atoms with van der Waals surface area (Å²) in [7, 11) is 0. The minimum absolute atomic E-state index is 0.0306. The van der Waals surface area contributed by atoms with Crippen molar-refractivity contribution in [3.63, 3.8) is 0 Å². The van der Waals surface area contributed by atoms with Gasteiger partial charge in [0.05, 0.1) is 18.8 Å². The van der Waals surface area contributed by atoms with Crippen LogP contribution in [0.3, 0.4) is 0 Å². The second-order valence-corrected chi connectivity index (χ2v) is 8.91. The van der Waals surface area contributed by atoms with Crippen LogP contribution in [-0.2, 0) is 27.4 Å². The Morgan fingerprint density at radius 2 is 1.97 bits per heavy atom. The van der Waals surface area contributed by atoms with Crippen LogP contribution in [0.4, 0.5) is 0 Å². The molecule has 0 spiro atoms. The van der Waals surface area contributed by atoms with Gasteiger partial charge in [0.1, 0.15) is 6.04 Å². The van der Waals surface area contributed by atoms with Gasteiger partial charge in [0, 0.05) is 57.8 Å². The first-order valence-electron chi connectivity index (χ1n) is 11.1. The summed E-state index contributed by atoms with van der Waals surface area (Å²) >= 11 is 0. The largest absolute Gasteiger partial charge is 0.377 e. The minimum Gasteiger partial charge on any atom is -0.377 e. The third-order valence-corrected chi connectivity index (χ3v) is 6.94. The Morgan fingerprint density at radius 3 is 2.68 bits per heavy atom. The van der Waals surface area contributed by atoms with Crippen LogP contribution in [-0.4, -0.2) is 85.0 Å². The van der Waals surface area contributed by atoms with Crippen molar-refractivity contribution in [3.8, 4) is 0 Å². The normalized spacial score (nSPS) is 25.9. The average Bonchev–Trinajstić information content (AvgIpc) is 3.08. The Morgan fingerprint density at radius 1 is 1.16 bits per heavy atom. The lowest BCUT2D eigenvalue weighted by atomic mass is 9.93. The first-order chi connectivity index (χ1) is 15.1. The molecule has 4 aliphatic rings. The molecule has 1 aromatic rings. The number of fused-ring (bicyclic) bond motifs is 1. The van der Waals surface area contributed by atoms with Gasteiger partial charge in [-0.3, -0.25) is 24.6 Å². The van der Waals surface area contributed by atoms with Crippen molar-refractivity contribution in [1.82, 2.24) is 25.8 Å². The molecule has 9 heteroatoms. The fourth-order valence-electron chi connectivity index (χ4n) is 5.14. The van der Waals surface area contributed by atoms with E-state index in [1.807, 2.05) is 18.2 Å². The van der Waals surface area contributed by atoms with E-state index in [1.165, 1.54) is 0 Å². The van der Waals surface area contributed by atoms with Gasteiger partial charge in [-0.25, -0.2) is 0 Å². The molecule has 5 rings (SSSR count). The van der Waals surface area contributed by atoms with Crippen LogP contribution in [0, 0.1) is 0 Å². The van der Waals surface area contributed by atoms with Crippen molar-refractivity contribution in [2.75, 3.05) is 45.9 Å². The molecule has 9 nitrogen and oxygen atoms in total.